The van der Waals surface area contributed by atoms with Gasteiger partial charge in [-0.3, -0.25) is 14.9 Å². The third-order valence-corrected chi connectivity index (χ3v) is 5.78. The predicted octanol–water partition coefficient (Wildman–Crippen LogP) is 1.84. The number of rotatable bonds is 4. The molecule has 0 aromatic carbocycles. The largest absolute Gasteiger partial charge is 0.325 e. The number of fused-ring (bicyclic) bond motifs is 3. The molecule has 7 nitrogen and oxygen atoms in total. The van der Waals surface area contributed by atoms with Gasteiger partial charge in [0.15, 0.2) is 0 Å². The SMILES string of the molecule is CCc1nc2c(s1)C(=O)N(CC(=O)Nc1ncccn1)C1CCC21. The summed E-state index contributed by atoms with van der Waals surface area (Å²) in [6, 6.07) is 1.76. The second kappa shape index (κ2) is 5.94. The van der Waals surface area contributed by atoms with E-state index in [0.717, 1.165) is 30.0 Å². The first-order chi connectivity index (χ1) is 11.7. The zero-order valence-corrected chi connectivity index (χ0v) is 14.0. The molecule has 3 heterocycles. The molecule has 2 amide bonds. The van der Waals surface area contributed by atoms with Gasteiger partial charge in [-0.2, -0.15) is 0 Å². The number of nitrogens with zero attached hydrogens (tertiary/aromatic N) is 4. The van der Waals surface area contributed by atoms with Crippen molar-refractivity contribution < 1.29 is 9.59 Å². The molecule has 24 heavy (non-hydrogen) atoms. The molecule has 8 heteroatoms. The van der Waals surface area contributed by atoms with Crippen molar-refractivity contribution in [3.05, 3.63) is 34.0 Å². The summed E-state index contributed by atoms with van der Waals surface area (Å²) in [5.74, 6) is 0.176. The molecule has 2 unspecified atom stereocenters. The monoisotopic (exact) mass is 343 g/mol. The Bertz CT molecular complexity index is 791. The van der Waals surface area contributed by atoms with Gasteiger partial charge in [0, 0.05) is 24.4 Å². The van der Waals surface area contributed by atoms with Crippen molar-refractivity contribution in [1.82, 2.24) is 19.9 Å². The molecule has 1 N–H and O–H groups in total. The summed E-state index contributed by atoms with van der Waals surface area (Å²) < 4.78 is 0. The van der Waals surface area contributed by atoms with Gasteiger partial charge in [-0.05, 0) is 25.3 Å². The molecule has 1 aliphatic heterocycles. The van der Waals surface area contributed by atoms with Crippen LogP contribution < -0.4 is 5.32 Å². The summed E-state index contributed by atoms with van der Waals surface area (Å²) in [5.41, 5.74) is 0.946. The lowest BCUT2D eigenvalue weighted by atomic mass is 9.73. The summed E-state index contributed by atoms with van der Waals surface area (Å²) in [4.78, 5) is 40.1. The molecule has 1 aliphatic carbocycles. The van der Waals surface area contributed by atoms with Crippen molar-refractivity contribution in [2.24, 2.45) is 0 Å². The van der Waals surface area contributed by atoms with E-state index in [1.165, 1.54) is 11.3 Å². The highest BCUT2D eigenvalue weighted by Gasteiger charge is 2.47. The summed E-state index contributed by atoms with van der Waals surface area (Å²) in [5, 5.41) is 3.63. The second-order valence-electron chi connectivity index (χ2n) is 5.98. The Morgan fingerprint density at radius 1 is 1.38 bits per heavy atom. The minimum absolute atomic E-state index is 0.0249. The number of thiazole rings is 1. The van der Waals surface area contributed by atoms with Gasteiger partial charge in [0.2, 0.25) is 11.9 Å². The van der Waals surface area contributed by atoms with Crippen molar-refractivity contribution in [1.29, 1.82) is 0 Å². The van der Waals surface area contributed by atoms with Gasteiger partial charge in [0.05, 0.1) is 10.7 Å². The zero-order chi connectivity index (χ0) is 16.7. The van der Waals surface area contributed by atoms with E-state index in [-0.39, 0.29) is 36.3 Å². The van der Waals surface area contributed by atoms with Crippen LogP contribution in [0.3, 0.4) is 0 Å². The maximum atomic E-state index is 12.8. The van der Waals surface area contributed by atoms with Gasteiger partial charge in [-0.25, -0.2) is 15.0 Å². The number of hydrogen-bond donors (Lipinski definition) is 1. The zero-order valence-electron chi connectivity index (χ0n) is 13.2. The van der Waals surface area contributed by atoms with Crippen LogP contribution in [0.1, 0.15) is 46.1 Å². The lowest BCUT2D eigenvalue weighted by Gasteiger charge is -2.46. The molecule has 1 saturated carbocycles. The van der Waals surface area contributed by atoms with Crippen LogP contribution in [0.2, 0.25) is 0 Å². The van der Waals surface area contributed by atoms with E-state index in [1.807, 2.05) is 6.92 Å². The highest BCUT2D eigenvalue weighted by Crippen LogP contribution is 2.46. The average molecular weight is 343 g/mol. The minimum Gasteiger partial charge on any atom is -0.325 e. The molecule has 1 fully saturated rings. The van der Waals surface area contributed by atoms with Gasteiger partial charge < -0.3 is 4.90 Å². The van der Waals surface area contributed by atoms with E-state index < -0.39 is 0 Å². The third-order valence-electron chi connectivity index (χ3n) is 4.58. The van der Waals surface area contributed by atoms with Crippen molar-refractivity contribution in [3.63, 3.8) is 0 Å². The van der Waals surface area contributed by atoms with E-state index in [0.29, 0.717) is 4.88 Å². The van der Waals surface area contributed by atoms with Gasteiger partial charge in [0.25, 0.3) is 5.91 Å². The molecule has 0 bridgehead atoms. The van der Waals surface area contributed by atoms with Crippen LogP contribution in [-0.4, -0.2) is 44.3 Å². The number of nitrogens with one attached hydrogen (secondary N) is 1. The fraction of sp³-hybridized carbons (Fsp3) is 0.438. The molecule has 0 radical (unpaired) electrons. The van der Waals surface area contributed by atoms with E-state index in [2.05, 4.69) is 20.3 Å². The molecule has 124 valence electrons. The third kappa shape index (κ3) is 2.47. The molecule has 2 aromatic rings. The first-order valence-corrected chi connectivity index (χ1v) is 8.86. The van der Waals surface area contributed by atoms with Crippen LogP contribution >= 0.6 is 11.3 Å². The Balaban J connectivity index is 1.53. The van der Waals surface area contributed by atoms with Crippen molar-refractivity contribution in [2.75, 3.05) is 11.9 Å². The van der Waals surface area contributed by atoms with E-state index in [1.54, 1.807) is 23.4 Å². The Hall–Kier alpha value is -2.35. The Morgan fingerprint density at radius 2 is 2.17 bits per heavy atom. The lowest BCUT2D eigenvalue weighted by molar-refractivity contribution is -0.117. The van der Waals surface area contributed by atoms with Crippen molar-refractivity contribution in [3.8, 4) is 0 Å². The Kier molecular flexibility index (Phi) is 3.76. The molecule has 4 rings (SSSR count). The second-order valence-corrected chi connectivity index (χ2v) is 7.06. The lowest BCUT2D eigenvalue weighted by Crippen LogP contribution is -2.54. The fourth-order valence-corrected chi connectivity index (χ4v) is 4.29. The van der Waals surface area contributed by atoms with Gasteiger partial charge in [-0.15, -0.1) is 11.3 Å². The highest BCUT2D eigenvalue weighted by atomic mass is 32.1. The quantitative estimate of drug-likeness (QED) is 0.915. The average Bonchev–Trinajstić information content (AvgIpc) is 2.96. The van der Waals surface area contributed by atoms with E-state index in [9.17, 15) is 9.59 Å². The molecule has 2 aliphatic rings. The Morgan fingerprint density at radius 3 is 2.83 bits per heavy atom. The number of carbonyl (C=O) groups is 2. The molecule has 2 atom stereocenters. The smallest absolute Gasteiger partial charge is 0.266 e. The topological polar surface area (TPSA) is 88.1 Å². The Labute approximate surface area is 143 Å². The summed E-state index contributed by atoms with van der Waals surface area (Å²) in [6.07, 6.45) is 5.90. The number of anilines is 1. The van der Waals surface area contributed by atoms with Gasteiger partial charge >= 0.3 is 0 Å². The van der Waals surface area contributed by atoms with Crippen LogP contribution in [0.25, 0.3) is 0 Å². The van der Waals surface area contributed by atoms with Crippen molar-refractivity contribution >= 4 is 29.1 Å². The van der Waals surface area contributed by atoms with Gasteiger partial charge in [-0.1, -0.05) is 6.92 Å². The van der Waals surface area contributed by atoms with Crippen LogP contribution in [0.5, 0.6) is 0 Å². The normalized spacial score (nSPS) is 21.7. The van der Waals surface area contributed by atoms with Crippen LogP contribution in [-0.2, 0) is 11.2 Å². The van der Waals surface area contributed by atoms with Crippen molar-refractivity contribution in [2.45, 2.75) is 38.1 Å². The first kappa shape index (κ1) is 15.2. The van der Waals surface area contributed by atoms with Gasteiger partial charge in [0.1, 0.15) is 11.4 Å². The molecule has 0 spiro atoms. The molecular formula is C16H17N5O2S. The predicted molar refractivity (Wildman–Crippen MR) is 89.0 cm³/mol. The number of hydrogen-bond acceptors (Lipinski definition) is 6. The van der Waals surface area contributed by atoms with E-state index in [4.69, 9.17) is 0 Å². The number of aryl methyl sites for hydroxylation is 1. The number of carbonyl (C=O) groups excluding carboxylic acids is 2. The standard InChI is InChI=1S/C16H17N5O2S/c1-2-12-20-13-9-4-5-10(9)21(15(23)14(13)24-12)8-11(22)19-16-17-6-3-7-18-16/h3,6-7,9-10H,2,4-5,8H2,1H3,(H,17,18,19,22). The highest BCUT2D eigenvalue weighted by molar-refractivity contribution is 7.13. The summed E-state index contributed by atoms with van der Waals surface area (Å²) >= 11 is 1.46. The molecule has 2 aromatic heterocycles. The molecular weight excluding hydrogens is 326 g/mol. The minimum atomic E-state index is -0.274. The fourth-order valence-electron chi connectivity index (χ4n) is 3.26. The summed E-state index contributed by atoms with van der Waals surface area (Å²) in [6.45, 7) is 2.06. The van der Waals surface area contributed by atoms with Crippen LogP contribution in [0.15, 0.2) is 18.5 Å². The summed E-state index contributed by atoms with van der Waals surface area (Å²) in [7, 11) is 0. The van der Waals surface area contributed by atoms with E-state index >= 15 is 0 Å². The molecule has 0 saturated heterocycles. The maximum absolute atomic E-state index is 12.8. The van der Waals surface area contributed by atoms with Crippen LogP contribution in [0.4, 0.5) is 5.95 Å². The number of amides is 2. The number of aromatic nitrogens is 3. The maximum Gasteiger partial charge on any atom is 0.266 e. The first-order valence-electron chi connectivity index (χ1n) is 8.04. The van der Waals surface area contributed by atoms with Crippen LogP contribution in [0, 0.1) is 0 Å².